The predicted molar refractivity (Wildman–Crippen MR) is 79.0 cm³/mol. The van der Waals surface area contributed by atoms with E-state index < -0.39 is 24.0 Å². The normalized spacial score (nSPS) is 13.3. The Morgan fingerprint density at radius 3 is 2.32 bits per heavy atom. The number of alkyl halides is 3. The summed E-state index contributed by atoms with van der Waals surface area (Å²) in [6.45, 7) is 5.38. The van der Waals surface area contributed by atoms with E-state index in [1.165, 1.54) is 7.48 Å². The van der Waals surface area contributed by atoms with Crippen LogP contribution in [0.4, 0.5) is 13.2 Å². The average molecular weight is 317 g/mol. The van der Waals surface area contributed by atoms with E-state index in [1.807, 2.05) is 0 Å². The summed E-state index contributed by atoms with van der Waals surface area (Å²) in [6.07, 6.45) is -4.33. The number of benzene rings is 1. The van der Waals surface area contributed by atoms with Gasteiger partial charge in [-0.1, -0.05) is 29.7 Å². The average Bonchev–Trinajstić information content (AvgIpc) is 2.34. The first kappa shape index (κ1) is 19.0. The van der Waals surface area contributed by atoms with Crippen molar-refractivity contribution >= 4 is 12.9 Å². The smallest absolute Gasteiger partial charge is 0.411 e. The summed E-state index contributed by atoms with van der Waals surface area (Å²) >= 11 is 0. The van der Waals surface area contributed by atoms with Gasteiger partial charge in [-0.05, 0) is 33.3 Å². The standard InChI is InChI=1S/C15H21BF3O3/c1-13(2,20)14(3,4)22-16-12-7-5-6-11(8-12)9-21-10-15(17,18)19/h5-8,20H,9-10H2,1-4H3. The maximum absolute atomic E-state index is 12.0. The molecule has 0 amide bonds. The molecule has 1 N–H and O–H groups in total. The highest BCUT2D eigenvalue weighted by atomic mass is 19.4. The Balaban J connectivity index is 2.58. The fourth-order valence-corrected chi connectivity index (χ4v) is 1.40. The van der Waals surface area contributed by atoms with Crippen LogP contribution in [0.3, 0.4) is 0 Å². The van der Waals surface area contributed by atoms with Gasteiger partial charge in [0.15, 0.2) is 0 Å². The predicted octanol–water partition coefficient (Wildman–Crippen LogP) is 2.58. The Kier molecular flexibility index (Phi) is 6.06. The van der Waals surface area contributed by atoms with Crippen molar-refractivity contribution in [2.45, 2.75) is 51.7 Å². The van der Waals surface area contributed by atoms with E-state index in [4.69, 9.17) is 4.65 Å². The van der Waals surface area contributed by atoms with Crippen molar-refractivity contribution in [3.05, 3.63) is 29.8 Å². The molecule has 0 bridgehead atoms. The number of hydrogen-bond acceptors (Lipinski definition) is 3. The first-order chi connectivity index (χ1) is 9.91. The van der Waals surface area contributed by atoms with Gasteiger partial charge in [0.2, 0.25) is 0 Å². The van der Waals surface area contributed by atoms with Gasteiger partial charge in [-0.2, -0.15) is 13.2 Å². The van der Waals surface area contributed by atoms with Gasteiger partial charge in [-0.25, -0.2) is 0 Å². The van der Waals surface area contributed by atoms with Crippen LogP contribution in [0, 0.1) is 0 Å². The number of halogens is 3. The van der Waals surface area contributed by atoms with Gasteiger partial charge in [-0.3, -0.25) is 0 Å². The molecule has 22 heavy (non-hydrogen) atoms. The quantitative estimate of drug-likeness (QED) is 0.786. The summed E-state index contributed by atoms with van der Waals surface area (Å²) in [5, 5.41) is 10.00. The first-order valence-electron chi connectivity index (χ1n) is 6.87. The fraction of sp³-hybridized carbons (Fsp3) is 0.600. The second kappa shape index (κ2) is 7.02. The Hall–Kier alpha value is -1.05. The van der Waals surface area contributed by atoms with E-state index in [2.05, 4.69) is 4.74 Å². The van der Waals surface area contributed by atoms with E-state index in [-0.39, 0.29) is 6.61 Å². The van der Waals surface area contributed by atoms with Gasteiger partial charge in [-0.15, -0.1) is 0 Å². The molecule has 0 heterocycles. The third-order valence-electron chi connectivity index (χ3n) is 3.45. The summed E-state index contributed by atoms with van der Waals surface area (Å²) in [5.41, 5.74) is -0.555. The van der Waals surface area contributed by atoms with Crippen LogP contribution in [-0.2, 0) is 16.0 Å². The van der Waals surface area contributed by atoms with Crippen LogP contribution in [-0.4, -0.2) is 36.6 Å². The third-order valence-corrected chi connectivity index (χ3v) is 3.45. The van der Waals surface area contributed by atoms with Crippen molar-refractivity contribution in [2.75, 3.05) is 6.61 Å². The van der Waals surface area contributed by atoms with Gasteiger partial charge in [0.05, 0.1) is 17.8 Å². The number of aliphatic hydroxyl groups is 1. The molecule has 0 aliphatic rings. The molecular formula is C15H21BF3O3. The van der Waals surface area contributed by atoms with Gasteiger partial charge in [0, 0.05) is 0 Å². The second-order valence-electron chi connectivity index (χ2n) is 6.16. The monoisotopic (exact) mass is 317 g/mol. The van der Waals surface area contributed by atoms with Crippen LogP contribution >= 0.6 is 0 Å². The topological polar surface area (TPSA) is 38.7 Å². The number of hydrogen-bond donors (Lipinski definition) is 1. The molecule has 7 heteroatoms. The van der Waals surface area contributed by atoms with Crippen LogP contribution < -0.4 is 5.46 Å². The van der Waals surface area contributed by atoms with E-state index in [9.17, 15) is 18.3 Å². The molecule has 0 unspecified atom stereocenters. The van der Waals surface area contributed by atoms with Gasteiger partial charge >= 0.3 is 13.7 Å². The molecule has 1 aromatic carbocycles. The zero-order chi connectivity index (χ0) is 17.0. The van der Waals surface area contributed by atoms with Crippen molar-refractivity contribution in [2.24, 2.45) is 0 Å². The number of rotatable bonds is 7. The first-order valence-corrected chi connectivity index (χ1v) is 6.87. The van der Waals surface area contributed by atoms with Crippen molar-refractivity contribution < 1.29 is 27.7 Å². The minimum atomic E-state index is -4.33. The maximum atomic E-state index is 12.0. The van der Waals surface area contributed by atoms with Crippen molar-refractivity contribution in [3.63, 3.8) is 0 Å². The fourth-order valence-electron chi connectivity index (χ4n) is 1.40. The lowest BCUT2D eigenvalue weighted by Crippen LogP contribution is -2.49. The molecule has 1 rings (SSSR count). The minimum absolute atomic E-state index is 0.129. The Bertz CT molecular complexity index is 482. The molecule has 1 radical (unpaired) electrons. The van der Waals surface area contributed by atoms with Crippen LogP contribution in [0.1, 0.15) is 33.3 Å². The molecule has 0 atom stereocenters. The summed E-state index contributed by atoms with van der Waals surface area (Å²) in [7, 11) is 1.48. The molecule has 0 saturated heterocycles. The summed E-state index contributed by atoms with van der Waals surface area (Å²) in [4.78, 5) is 0. The van der Waals surface area contributed by atoms with Crippen LogP contribution in [0.15, 0.2) is 24.3 Å². The van der Waals surface area contributed by atoms with E-state index in [0.717, 1.165) is 0 Å². The highest BCUT2D eigenvalue weighted by Gasteiger charge is 2.35. The SMILES string of the molecule is CC(C)(O)C(C)(C)O[B]c1cccc(COCC(F)(F)F)c1. The minimum Gasteiger partial charge on any atom is -0.427 e. The lowest BCUT2D eigenvalue weighted by molar-refractivity contribution is -0.176. The molecule has 1 aromatic rings. The highest BCUT2D eigenvalue weighted by Crippen LogP contribution is 2.24. The molecule has 0 fully saturated rings. The van der Waals surface area contributed by atoms with Gasteiger partial charge in [0.1, 0.15) is 6.61 Å². The third kappa shape index (κ3) is 6.38. The van der Waals surface area contributed by atoms with Crippen LogP contribution in [0.25, 0.3) is 0 Å². The molecule has 0 saturated carbocycles. The zero-order valence-corrected chi connectivity index (χ0v) is 13.2. The molecular weight excluding hydrogens is 296 g/mol. The molecule has 0 aliphatic carbocycles. The van der Waals surface area contributed by atoms with E-state index in [0.29, 0.717) is 11.0 Å². The Labute approximate surface area is 129 Å². The zero-order valence-electron chi connectivity index (χ0n) is 13.2. The largest absolute Gasteiger partial charge is 0.427 e. The highest BCUT2D eigenvalue weighted by molar-refractivity contribution is 6.47. The second-order valence-corrected chi connectivity index (χ2v) is 6.16. The van der Waals surface area contributed by atoms with Crippen molar-refractivity contribution in [1.29, 1.82) is 0 Å². The molecule has 0 aliphatic heterocycles. The van der Waals surface area contributed by atoms with Crippen molar-refractivity contribution in [3.8, 4) is 0 Å². The van der Waals surface area contributed by atoms with E-state index in [1.54, 1.807) is 52.0 Å². The Morgan fingerprint density at radius 2 is 1.77 bits per heavy atom. The lowest BCUT2D eigenvalue weighted by Gasteiger charge is -2.37. The summed E-state index contributed by atoms with van der Waals surface area (Å²) < 4.78 is 46.3. The van der Waals surface area contributed by atoms with Gasteiger partial charge < -0.3 is 14.5 Å². The summed E-state index contributed by atoms with van der Waals surface area (Å²) in [5.74, 6) is 0. The molecule has 0 aromatic heterocycles. The summed E-state index contributed by atoms with van der Waals surface area (Å²) in [6, 6.07) is 6.82. The molecule has 123 valence electrons. The van der Waals surface area contributed by atoms with Crippen LogP contribution in [0.5, 0.6) is 0 Å². The van der Waals surface area contributed by atoms with Crippen LogP contribution in [0.2, 0.25) is 0 Å². The number of ether oxygens (including phenoxy) is 1. The lowest BCUT2D eigenvalue weighted by atomic mass is 9.82. The maximum Gasteiger partial charge on any atom is 0.411 e. The van der Waals surface area contributed by atoms with Gasteiger partial charge in [0.25, 0.3) is 0 Å². The molecule has 0 spiro atoms. The van der Waals surface area contributed by atoms with E-state index >= 15 is 0 Å². The Morgan fingerprint density at radius 1 is 1.14 bits per heavy atom. The molecule has 3 nitrogen and oxygen atoms in total. The van der Waals surface area contributed by atoms with Crippen molar-refractivity contribution in [1.82, 2.24) is 0 Å².